The van der Waals surface area contributed by atoms with Crippen molar-refractivity contribution in [2.75, 3.05) is 5.32 Å². The molecular formula is C20H16N2O3. The molecule has 0 fully saturated rings. The van der Waals surface area contributed by atoms with E-state index in [0.29, 0.717) is 0 Å². The van der Waals surface area contributed by atoms with Crippen molar-refractivity contribution < 1.29 is 14.7 Å². The molecule has 0 bridgehead atoms. The highest BCUT2D eigenvalue weighted by Crippen LogP contribution is 2.20. The third-order valence-corrected chi connectivity index (χ3v) is 3.82. The first-order valence-electron chi connectivity index (χ1n) is 7.71. The number of amides is 1. The number of carboxylic acid groups (broad SMARTS) is 1. The van der Waals surface area contributed by atoms with Gasteiger partial charge in [0.25, 0.3) is 0 Å². The van der Waals surface area contributed by atoms with Crippen LogP contribution in [0.15, 0.2) is 66.9 Å². The maximum Gasteiger partial charge on any atom is 0.337 e. The maximum absolute atomic E-state index is 12.2. The second-order valence-electron chi connectivity index (χ2n) is 5.58. The smallest absolute Gasteiger partial charge is 0.337 e. The number of aromatic carboxylic acids is 1. The number of para-hydroxylation sites is 1. The van der Waals surface area contributed by atoms with Crippen LogP contribution in [0.3, 0.4) is 0 Å². The average Bonchev–Trinajstić information content (AvgIpc) is 2.61. The van der Waals surface area contributed by atoms with Gasteiger partial charge in [-0.15, -0.1) is 0 Å². The molecular weight excluding hydrogens is 316 g/mol. The van der Waals surface area contributed by atoms with Crippen LogP contribution >= 0.6 is 0 Å². The monoisotopic (exact) mass is 332 g/mol. The molecule has 0 saturated carbocycles. The predicted molar refractivity (Wildman–Crippen MR) is 97.4 cm³/mol. The molecule has 2 aromatic carbocycles. The molecule has 3 rings (SSSR count). The summed E-state index contributed by atoms with van der Waals surface area (Å²) in [7, 11) is 0. The SMILES string of the molecule is C/C(=C\C(=O)Nc1ccccc1C(=O)O)c1ccc2ncccc2c1. The fourth-order valence-electron chi connectivity index (χ4n) is 2.55. The lowest BCUT2D eigenvalue weighted by molar-refractivity contribution is -0.111. The zero-order valence-corrected chi connectivity index (χ0v) is 13.6. The Kier molecular flexibility index (Phi) is 4.57. The molecule has 5 heteroatoms. The molecule has 0 aliphatic carbocycles. The van der Waals surface area contributed by atoms with Crippen LogP contribution in [0.1, 0.15) is 22.8 Å². The number of carboxylic acids is 1. The summed E-state index contributed by atoms with van der Waals surface area (Å²) in [5, 5.41) is 12.8. The third kappa shape index (κ3) is 3.72. The number of nitrogens with zero attached hydrogens (tertiary/aromatic N) is 1. The maximum atomic E-state index is 12.2. The van der Waals surface area contributed by atoms with Gasteiger partial charge in [0, 0.05) is 17.7 Å². The molecule has 3 aromatic rings. The number of pyridine rings is 1. The van der Waals surface area contributed by atoms with Crippen molar-refractivity contribution in [3.8, 4) is 0 Å². The van der Waals surface area contributed by atoms with E-state index in [0.717, 1.165) is 22.0 Å². The number of rotatable bonds is 4. The number of nitrogens with one attached hydrogen (secondary N) is 1. The Balaban J connectivity index is 1.84. The van der Waals surface area contributed by atoms with E-state index in [1.165, 1.54) is 12.1 Å². The summed E-state index contributed by atoms with van der Waals surface area (Å²) in [5.41, 5.74) is 2.89. The highest BCUT2D eigenvalue weighted by atomic mass is 16.4. The van der Waals surface area contributed by atoms with Crippen LogP contribution in [0.25, 0.3) is 16.5 Å². The lowest BCUT2D eigenvalue weighted by Crippen LogP contribution is -2.12. The van der Waals surface area contributed by atoms with Crippen LogP contribution < -0.4 is 5.32 Å². The predicted octanol–water partition coefficient (Wildman–Crippen LogP) is 3.98. The number of hydrogen-bond donors (Lipinski definition) is 2. The highest BCUT2D eigenvalue weighted by molar-refractivity contribution is 6.07. The Hall–Kier alpha value is -3.47. The van der Waals surface area contributed by atoms with Gasteiger partial charge in [-0.05, 0) is 48.4 Å². The average molecular weight is 332 g/mol. The number of allylic oxidation sites excluding steroid dienone is 1. The summed E-state index contributed by atoms with van der Waals surface area (Å²) in [6.07, 6.45) is 3.19. The molecule has 0 atom stereocenters. The molecule has 0 spiro atoms. The van der Waals surface area contributed by atoms with E-state index >= 15 is 0 Å². The quantitative estimate of drug-likeness (QED) is 0.708. The summed E-state index contributed by atoms with van der Waals surface area (Å²) in [6.45, 7) is 1.83. The summed E-state index contributed by atoms with van der Waals surface area (Å²) in [4.78, 5) is 27.7. The van der Waals surface area contributed by atoms with Gasteiger partial charge in [-0.1, -0.05) is 24.3 Å². The number of carbonyl (C=O) groups excluding carboxylic acids is 1. The molecule has 1 aromatic heterocycles. The standard InChI is InChI=1S/C20H16N2O3/c1-13(14-8-9-17-15(12-14)5-4-10-21-17)11-19(23)22-18-7-3-2-6-16(18)20(24)25/h2-12H,1H3,(H,22,23)(H,24,25)/b13-11+. The van der Waals surface area contributed by atoms with Crippen LogP contribution in [0, 0.1) is 0 Å². The van der Waals surface area contributed by atoms with E-state index in [4.69, 9.17) is 5.11 Å². The lowest BCUT2D eigenvalue weighted by Gasteiger charge is -2.07. The van der Waals surface area contributed by atoms with Crippen LogP contribution in [0.4, 0.5) is 5.69 Å². The second-order valence-corrected chi connectivity index (χ2v) is 5.58. The van der Waals surface area contributed by atoms with Crippen LogP contribution in [0.2, 0.25) is 0 Å². The second kappa shape index (κ2) is 6.97. The van der Waals surface area contributed by atoms with Gasteiger partial charge in [0.2, 0.25) is 5.91 Å². The van der Waals surface area contributed by atoms with Crippen molar-refractivity contribution in [1.82, 2.24) is 4.98 Å². The summed E-state index contributed by atoms with van der Waals surface area (Å²) >= 11 is 0. The minimum atomic E-state index is -1.08. The van der Waals surface area contributed by atoms with E-state index in [1.807, 2.05) is 37.3 Å². The molecule has 0 aliphatic rings. The molecule has 0 saturated heterocycles. The minimum absolute atomic E-state index is 0.0543. The van der Waals surface area contributed by atoms with Gasteiger partial charge in [-0.2, -0.15) is 0 Å². The molecule has 5 nitrogen and oxygen atoms in total. The topological polar surface area (TPSA) is 79.3 Å². The number of carbonyl (C=O) groups is 2. The van der Waals surface area contributed by atoms with Gasteiger partial charge in [0.1, 0.15) is 0 Å². The van der Waals surface area contributed by atoms with Crippen LogP contribution in [-0.2, 0) is 4.79 Å². The molecule has 2 N–H and O–H groups in total. The first-order valence-corrected chi connectivity index (χ1v) is 7.71. The number of hydrogen-bond acceptors (Lipinski definition) is 3. The van der Waals surface area contributed by atoms with Crippen molar-refractivity contribution >= 4 is 34.0 Å². The van der Waals surface area contributed by atoms with Crippen molar-refractivity contribution in [1.29, 1.82) is 0 Å². The van der Waals surface area contributed by atoms with Crippen molar-refractivity contribution in [2.45, 2.75) is 6.92 Å². The van der Waals surface area contributed by atoms with Crippen molar-refractivity contribution in [2.24, 2.45) is 0 Å². The normalized spacial score (nSPS) is 11.3. The van der Waals surface area contributed by atoms with Crippen molar-refractivity contribution in [3.05, 3.63) is 78.0 Å². The highest BCUT2D eigenvalue weighted by Gasteiger charge is 2.11. The summed E-state index contributed by atoms with van der Waals surface area (Å²) in [6, 6.07) is 15.9. The molecule has 25 heavy (non-hydrogen) atoms. The fraction of sp³-hybridized carbons (Fsp3) is 0.0500. The Morgan fingerprint density at radius 2 is 1.88 bits per heavy atom. The van der Waals surface area contributed by atoms with E-state index < -0.39 is 5.97 Å². The van der Waals surface area contributed by atoms with Crippen LogP contribution in [0.5, 0.6) is 0 Å². The van der Waals surface area contributed by atoms with Gasteiger partial charge in [-0.3, -0.25) is 9.78 Å². The van der Waals surface area contributed by atoms with Gasteiger partial charge < -0.3 is 10.4 Å². The van der Waals surface area contributed by atoms with E-state index in [9.17, 15) is 9.59 Å². The largest absolute Gasteiger partial charge is 0.478 e. The zero-order chi connectivity index (χ0) is 17.8. The molecule has 0 aliphatic heterocycles. The molecule has 0 unspecified atom stereocenters. The lowest BCUT2D eigenvalue weighted by atomic mass is 10.0. The van der Waals surface area contributed by atoms with E-state index in [-0.39, 0.29) is 17.2 Å². The summed E-state index contributed by atoms with van der Waals surface area (Å²) < 4.78 is 0. The third-order valence-electron chi connectivity index (χ3n) is 3.82. The molecule has 1 heterocycles. The van der Waals surface area contributed by atoms with Gasteiger partial charge >= 0.3 is 5.97 Å². The molecule has 0 radical (unpaired) electrons. The minimum Gasteiger partial charge on any atom is -0.478 e. The number of fused-ring (bicyclic) bond motifs is 1. The van der Waals surface area contributed by atoms with Gasteiger partial charge in [-0.25, -0.2) is 4.79 Å². The van der Waals surface area contributed by atoms with Crippen molar-refractivity contribution in [3.63, 3.8) is 0 Å². The number of aromatic nitrogens is 1. The number of anilines is 1. The first-order chi connectivity index (χ1) is 12.0. The fourth-order valence-corrected chi connectivity index (χ4v) is 2.55. The Bertz CT molecular complexity index is 993. The van der Waals surface area contributed by atoms with E-state index in [1.54, 1.807) is 24.4 Å². The molecule has 1 amide bonds. The van der Waals surface area contributed by atoms with Gasteiger partial charge in [0.05, 0.1) is 16.8 Å². The first kappa shape index (κ1) is 16.4. The van der Waals surface area contributed by atoms with Crippen LogP contribution in [-0.4, -0.2) is 22.0 Å². The Morgan fingerprint density at radius 1 is 1.08 bits per heavy atom. The van der Waals surface area contributed by atoms with E-state index in [2.05, 4.69) is 10.3 Å². The Labute approximate surface area is 144 Å². The Morgan fingerprint density at radius 3 is 2.68 bits per heavy atom. The summed E-state index contributed by atoms with van der Waals surface area (Å²) in [5.74, 6) is -1.46. The zero-order valence-electron chi connectivity index (χ0n) is 13.6. The van der Waals surface area contributed by atoms with Gasteiger partial charge in [0.15, 0.2) is 0 Å². The number of benzene rings is 2. The molecule has 124 valence electrons.